The summed E-state index contributed by atoms with van der Waals surface area (Å²) in [6, 6.07) is 1.59. The molecule has 1 N–H and O–H groups in total. The number of aryl methyl sites for hydroxylation is 1. The molecule has 3 rings (SSSR count). The Kier molecular flexibility index (Phi) is 2.66. The molecule has 1 fully saturated rings. The summed E-state index contributed by atoms with van der Waals surface area (Å²) in [5.41, 5.74) is 0. The number of allylic oxidation sites excluding steroid dienone is 2. The van der Waals surface area contributed by atoms with E-state index in [9.17, 15) is 14.7 Å². The highest BCUT2D eigenvalue weighted by Crippen LogP contribution is 2.48. The Bertz CT molecular complexity index is 563. The predicted octanol–water partition coefficient (Wildman–Crippen LogP) is 0.110. The highest BCUT2D eigenvalue weighted by Gasteiger charge is 2.48. The van der Waals surface area contributed by atoms with Crippen molar-refractivity contribution in [3.05, 3.63) is 24.0 Å². The maximum Gasteiger partial charge on any atom is 0.230 e. The number of amides is 1. The van der Waals surface area contributed by atoms with Gasteiger partial charge in [-0.3, -0.25) is 4.79 Å². The minimum Gasteiger partial charge on any atom is -0.550 e. The lowest BCUT2D eigenvalue weighted by Crippen LogP contribution is -2.42. The molecule has 2 aliphatic rings. The average Bonchev–Trinajstić information content (AvgIpc) is 3.03. The molecule has 0 saturated heterocycles. The van der Waals surface area contributed by atoms with Gasteiger partial charge < -0.3 is 19.7 Å². The number of carbonyl (C=O) groups excluding carboxylic acids is 2. The van der Waals surface area contributed by atoms with Gasteiger partial charge in [0.2, 0.25) is 5.91 Å². The molecule has 2 bridgehead atoms. The van der Waals surface area contributed by atoms with E-state index in [0.717, 1.165) is 0 Å². The number of carboxylic acids is 1. The quantitative estimate of drug-likeness (QED) is 0.779. The third-order valence-electron chi connectivity index (χ3n) is 3.91. The first kappa shape index (κ1) is 12.0. The molecule has 100 valence electrons. The SMILES string of the molecule is Cc1cc(NC(=O)[C@H]2[C@@H](C(=O)[O-])[C@H]3C=C[C@@H]2C3)no1. The number of nitrogens with one attached hydrogen (secondary N) is 1. The molecule has 0 aromatic carbocycles. The summed E-state index contributed by atoms with van der Waals surface area (Å²) < 4.78 is 4.86. The Labute approximate surface area is 109 Å². The largest absolute Gasteiger partial charge is 0.550 e. The van der Waals surface area contributed by atoms with Crippen LogP contribution in [0.5, 0.6) is 0 Å². The Balaban J connectivity index is 1.79. The second-order valence-electron chi connectivity index (χ2n) is 5.13. The summed E-state index contributed by atoms with van der Waals surface area (Å²) in [6.07, 6.45) is 4.49. The second kappa shape index (κ2) is 4.22. The van der Waals surface area contributed by atoms with E-state index in [-0.39, 0.29) is 17.7 Å². The Morgan fingerprint density at radius 1 is 1.37 bits per heavy atom. The summed E-state index contributed by atoms with van der Waals surface area (Å²) in [5, 5.41) is 17.5. The zero-order valence-electron chi connectivity index (χ0n) is 10.3. The van der Waals surface area contributed by atoms with Gasteiger partial charge in [-0.2, -0.15) is 0 Å². The standard InChI is InChI=1S/C13H14N2O4/c1-6-4-9(15-19-6)14-12(16)10-7-2-3-8(5-7)11(10)13(17)18/h2-4,7-8,10-11H,5H2,1H3,(H,17,18)(H,14,15,16)/p-1/t7-,8+,10-,11+/m1/s1. The van der Waals surface area contributed by atoms with E-state index in [2.05, 4.69) is 10.5 Å². The Morgan fingerprint density at radius 3 is 2.63 bits per heavy atom. The molecule has 1 saturated carbocycles. The number of carbonyl (C=O) groups is 2. The zero-order valence-corrected chi connectivity index (χ0v) is 10.3. The topological polar surface area (TPSA) is 95.3 Å². The number of fused-ring (bicyclic) bond motifs is 2. The lowest BCUT2D eigenvalue weighted by molar-refractivity contribution is -0.313. The van der Waals surface area contributed by atoms with E-state index in [1.807, 2.05) is 12.2 Å². The Morgan fingerprint density at radius 2 is 2.05 bits per heavy atom. The highest BCUT2D eigenvalue weighted by molar-refractivity contribution is 5.95. The molecule has 0 unspecified atom stereocenters. The van der Waals surface area contributed by atoms with E-state index < -0.39 is 17.8 Å². The molecular formula is C13H13N2O4-. The molecule has 1 aromatic rings. The van der Waals surface area contributed by atoms with Crippen LogP contribution in [-0.2, 0) is 9.59 Å². The number of aromatic nitrogens is 1. The van der Waals surface area contributed by atoms with Gasteiger partial charge in [0.25, 0.3) is 0 Å². The predicted molar refractivity (Wildman–Crippen MR) is 62.6 cm³/mol. The minimum absolute atomic E-state index is 0.0269. The van der Waals surface area contributed by atoms with E-state index >= 15 is 0 Å². The van der Waals surface area contributed by atoms with Crippen molar-refractivity contribution in [2.75, 3.05) is 5.32 Å². The van der Waals surface area contributed by atoms with Gasteiger partial charge in [-0.25, -0.2) is 0 Å². The fourth-order valence-corrected chi connectivity index (χ4v) is 3.14. The fraction of sp³-hybridized carbons (Fsp3) is 0.462. The number of rotatable bonds is 3. The van der Waals surface area contributed by atoms with Gasteiger partial charge in [-0.05, 0) is 25.2 Å². The van der Waals surface area contributed by atoms with Gasteiger partial charge in [0, 0.05) is 18.0 Å². The van der Waals surface area contributed by atoms with Crippen LogP contribution in [0.4, 0.5) is 5.82 Å². The third kappa shape index (κ3) is 1.93. The normalized spacial score (nSPS) is 31.6. The summed E-state index contributed by atoms with van der Waals surface area (Å²) >= 11 is 0. The number of carboxylic acid groups (broad SMARTS) is 1. The van der Waals surface area contributed by atoms with Crippen LogP contribution >= 0.6 is 0 Å². The molecule has 0 aliphatic heterocycles. The van der Waals surface area contributed by atoms with Crippen LogP contribution in [-0.4, -0.2) is 17.0 Å². The Hall–Kier alpha value is -2.11. The monoisotopic (exact) mass is 261 g/mol. The molecule has 0 spiro atoms. The van der Waals surface area contributed by atoms with Crippen molar-refractivity contribution in [2.24, 2.45) is 23.7 Å². The van der Waals surface area contributed by atoms with E-state index in [4.69, 9.17) is 4.52 Å². The van der Waals surface area contributed by atoms with E-state index in [1.165, 1.54) is 0 Å². The molecule has 6 heteroatoms. The van der Waals surface area contributed by atoms with Crippen molar-refractivity contribution in [3.63, 3.8) is 0 Å². The molecule has 4 atom stereocenters. The average molecular weight is 261 g/mol. The lowest BCUT2D eigenvalue weighted by atomic mass is 9.82. The molecule has 6 nitrogen and oxygen atoms in total. The molecule has 1 amide bonds. The van der Waals surface area contributed by atoms with Crippen LogP contribution in [0.15, 0.2) is 22.7 Å². The van der Waals surface area contributed by atoms with Gasteiger partial charge in [-0.1, -0.05) is 17.3 Å². The number of nitrogens with zero attached hydrogens (tertiary/aromatic N) is 1. The summed E-state index contributed by atoms with van der Waals surface area (Å²) in [6.45, 7) is 1.72. The van der Waals surface area contributed by atoms with Crippen LogP contribution < -0.4 is 10.4 Å². The first-order valence-electron chi connectivity index (χ1n) is 6.19. The van der Waals surface area contributed by atoms with Crippen molar-refractivity contribution in [3.8, 4) is 0 Å². The van der Waals surface area contributed by atoms with Gasteiger partial charge in [0.05, 0.1) is 5.92 Å². The molecule has 1 aromatic heterocycles. The van der Waals surface area contributed by atoms with Crippen molar-refractivity contribution in [1.82, 2.24) is 5.16 Å². The number of anilines is 1. The van der Waals surface area contributed by atoms with Crippen LogP contribution in [0, 0.1) is 30.6 Å². The maximum atomic E-state index is 12.2. The van der Waals surface area contributed by atoms with Crippen molar-refractivity contribution >= 4 is 17.7 Å². The van der Waals surface area contributed by atoms with E-state index in [1.54, 1.807) is 13.0 Å². The highest BCUT2D eigenvalue weighted by atomic mass is 16.5. The number of hydrogen-bond donors (Lipinski definition) is 1. The summed E-state index contributed by atoms with van der Waals surface area (Å²) in [7, 11) is 0. The minimum atomic E-state index is -1.16. The van der Waals surface area contributed by atoms with Crippen molar-refractivity contribution in [1.29, 1.82) is 0 Å². The van der Waals surface area contributed by atoms with Crippen molar-refractivity contribution < 1.29 is 19.2 Å². The smallest absolute Gasteiger partial charge is 0.230 e. The molecule has 0 radical (unpaired) electrons. The summed E-state index contributed by atoms with van der Waals surface area (Å²) in [4.78, 5) is 23.4. The molecule has 1 heterocycles. The van der Waals surface area contributed by atoms with Gasteiger partial charge >= 0.3 is 0 Å². The first-order valence-corrected chi connectivity index (χ1v) is 6.19. The van der Waals surface area contributed by atoms with E-state index in [0.29, 0.717) is 18.0 Å². The van der Waals surface area contributed by atoms with Gasteiger partial charge in [-0.15, -0.1) is 0 Å². The van der Waals surface area contributed by atoms with Crippen molar-refractivity contribution in [2.45, 2.75) is 13.3 Å². The second-order valence-corrected chi connectivity index (χ2v) is 5.13. The van der Waals surface area contributed by atoms with Crippen LogP contribution in [0.1, 0.15) is 12.2 Å². The zero-order chi connectivity index (χ0) is 13.6. The summed E-state index contributed by atoms with van der Waals surface area (Å²) in [5.74, 6) is -2.05. The fourth-order valence-electron chi connectivity index (χ4n) is 3.14. The molecule has 2 aliphatic carbocycles. The first-order chi connectivity index (χ1) is 9.06. The van der Waals surface area contributed by atoms with Crippen LogP contribution in [0.3, 0.4) is 0 Å². The number of aliphatic carboxylic acids is 1. The van der Waals surface area contributed by atoms with Crippen LogP contribution in [0.2, 0.25) is 0 Å². The molecule has 19 heavy (non-hydrogen) atoms. The van der Waals surface area contributed by atoms with Gasteiger partial charge in [0.15, 0.2) is 5.82 Å². The lowest BCUT2D eigenvalue weighted by Gasteiger charge is -2.27. The molecular weight excluding hydrogens is 248 g/mol. The maximum absolute atomic E-state index is 12.2. The number of hydrogen-bond acceptors (Lipinski definition) is 5. The van der Waals surface area contributed by atoms with Gasteiger partial charge in [0.1, 0.15) is 5.76 Å². The third-order valence-corrected chi connectivity index (χ3v) is 3.91. The van der Waals surface area contributed by atoms with Crippen LogP contribution in [0.25, 0.3) is 0 Å².